The van der Waals surface area contributed by atoms with Crippen molar-refractivity contribution in [2.75, 3.05) is 0 Å². The summed E-state index contributed by atoms with van der Waals surface area (Å²) in [4.78, 5) is 7.42. The molecular formula is C4H16N4S. The van der Waals surface area contributed by atoms with Crippen LogP contribution in [0.4, 0.5) is 0 Å². The molecule has 1 heterocycles. The van der Waals surface area contributed by atoms with E-state index in [0.29, 0.717) is 6.54 Å². The van der Waals surface area contributed by atoms with E-state index in [9.17, 15) is 0 Å². The molecule has 0 saturated carbocycles. The normalized spacial score (nSPS) is 13.8. The van der Waals surface area contributed by atoms with Gasteiger partial charge in [-0.05, 0) is 5.53 Å². The van der Waals surface area contributed by atoms with Crippen molar-refractivity contribution in [1.29, 1.82) is 0 Å². The Morgan fingerprint density at radius 3 is 3.56 bits per heavy atom. The summed E-state index contributed by atoms with van der Waals surface area (Å²) in [6.45, 7) is 0.418. The van der Waals surface area contributed by atoms with Crippen LogP contribution in [0.15, 0.2) is 16.8 Å². The van der Waals surface area contributed by atoms with Crippen LogP contribution >= 0.6 is 11.3 Å². The van der Waals surface area contributed by atoms with E-state index >= 15 is 0 Å². The second kappa shape index (κ2) is 3.06. The van der Waals surface area contributed by atoms with E-state index in [4.69, 9.17) is 23.3 Å². The summed E-state index contributed by atoms with van der Waals surface area (Å²) in [5, 5.41) is 3.37. The molecule has 5 heteroatoms. The third-order valence-electron chi connectivity index (χ3n) is 0.773. The Labute approximate surface area is 74.3 Å². The van der Waals surface area contributed by atoms with Gasteiger partial charge in [0.15, 0.2) is 0 Å². The van der Waals surface area contributed by atoms with Gasteiger partial charge >= 0.3 is 0 Å². The molecule has 0 atom stereocenters. The topological polar surface area (TPSA) is 61.7 Å². The highest BCUT2D eigenvalue weighted by Crippen LogP contribution is 2.05. The zero-order valence-electron chi connectivity index (χ0n) is 16.6. The first-order valence-corrected chi connectivity index (χ1v) is 3.19. The number of nitrogens with zero attached hydrogens (tertiary/aromatic N) is 4. The van der Waals surface area contributed by atoms with E-state index in [1.807, 2.05) is 0 Å². The van der Waals surface area contributed by atoms with Crippen molar-refractivity contribution < 1.29 is 17.8 Å². The lowest BCUT2D eigenvalue weighted by Gasteiger charge is -1.78. The lowest BCUT2D eigenvalue weighted by molar-refractivity contribution is 1.07. The van der Waals surface area contributed by atoms with E-state index in [1.54, 1.807) is 11.7 Å². The highest BCUT2D eigenvalue weighted by atomic mass is 32.1. The molecule has 0 spiro atoms. The van der Waals surface area contributed by atoms with Crippen molar-refractivity contribution >= 4 is 11.3 Å². The van der Waals surface area contributed by atoms with Gasteiger partial charge in [-0.1, -0.05) is 5.11 Å². The number of azide groups is 1. The minimum atomic E-state index is 0.418. The number of aromatic nitrogens is 1. The molecule has 0 saturated heterocycles. The fraction of sp³-hybridized carbons (Fsp3) is 0.250. The van der Waals surface area contributed by atoms with Crippen LogP contribution in [0.1, 0.15) is 22.7 Å². The summed E-state index contributed by atoms with van der Waals surface area (Å²) in [6, 6.07) is 0. The van der Waals surface area contributed by atoms with E-state index in [1.165, 1.54) is 11.3 Å². The van der Waals surface area contributed by atoms with Gasteiger partial charge in [0, 0.05) is 33.8 Å². The number of hydrogen-bond donors (Lipinski definition) is 0. The van der Waals surface area contributed by atoms with Gasteiger partial charge in [-0.3, -0.25) is 4.98 Å². The maximum atomic E-state index is 7.91. The SMILES string of the molecule is [2H][2H].[2H][2H].[2H][2H].[2H][2H].[2H][2H].[2H][2H].[N-]=[N+]=NCc1cncs1. The van der Waals surface area contributed by atoms with Gasteiger partial charge in [-0.25, -0.2) is 0 Å². The van der Waals surface area contributed by atoms with Crippen LogP contribution in [0, 0.1) is 0 Å². The lowest BCUT2D eigenvalue weighted by atomic mass is 10.6. The summed E-state index contributed by atoms with van der Waals surface area (Å²) in [7, 11) is 0. The minimum absolute atomic E-state index is 0.418. The fourth-order valence-corrected chi connectivity index (χ4v) is 0.933. The Balaban J connectivity index is -0.0000000400. The highest BCUT2D eigenvalue weighted by molar-refractivity contribution is 7.09. The summed E-state index contributed by atoms with van der Waals surface area (Å²) >= 11 is 1.49. The van der Waals surface area contributed by atoms with Crippen molar-refractivity contribution in [3.8, 4) is 0 Å². The zero-order valence-corrected chi connectivity index (χ0v) is 5.38. The zero-order chi connectivity index (χ0) is 18.5. The molecule has 1 aromatic heterocycles. The van der Waals surface area contributed by atoms with Crippen LogP contribution in [0.3, 0.4) is 0 Å². The molecule has 0 bridgehead atoms. The van der Waals surface area contributed by atoms with Crippen LogP contribution < -0.4 is 0 Å². The first-order chi connectivity index (χ1) is 10.4. The van der Waals surface area contributed by atoms with Crippen molar-refractivity contribution in [2.24, 2.45) is 5.11 Å². The van der Waals surface area contributed by atoms with Gasteiger partial charge in [-0.2, -0.15) is 0 Å². The van der Waals surface area contributed by atoms with Crippen LogP contribution in [-0.2, 0) is 6.54 Å². The molecule has 4 nitrogen and oxygen atoms in total. The molecule has 0 N–H and O–H groups in total. The van der Waals surface area contributed by atoms with E-state index in [0.717, 1.165) is 4.88 Å². The largest absolute Gasteiger partial charge is 0.253 e. The van der Waals surface area contributed by atoms with Crippen molar-refractivity contribution in [1.82, 2.24) is 4.98 Å². The molecule has 0 fully saturated rings. The van der Waals surface area contributed by atoms with Crippen molar-refractivity contribution in [3.05, 3.63) is 27.0 Å². The minimum Gasteiger partial charge on any atom is -0.253 e. The average Bonchev–Trinajstić information content (AvgIpc) is 3.17. The second-order valence-corrected chi connectivity index (χ2v) is 2.33. The fourth-order valence-electron chi connectivity index (χ4n) is 0.422. The molecule has 0 aliphatic rings. The first kappa shape index (κ1) is 1.97. The summed E-state index contributed by atoms with van der Waals surface area (Å²) in [5.74, 6) is 0. The maximum Gasteiger partial charge on any atom is 0.0794 e. The van der Waals surface area contributed by atoms with Gasteiger partial charge in [0.1, 0.15) is 0 Å². The standard InChI is InChI=1S/C4H4N4S.6H2/c5-8-7-2-4-1-6-3-9-4;;;;;;/h1,3H,2H2;6*1H/i;6*1+1D. The molecule has 0 aliphatic carbocycles. The van der Waals surface area contributed by atoms with Crippen molar-refractivity contribution in [3.63, 3.8) is 0 Å². The number of hydrogen-bond acceptors (Lipinski definition) is 3. The molecule has 1 aromatic rings. The quantitative estimate of drug-likeness (QED) is 0.375. The smallest absolute Gasteiger partial charge is 0.0794 e. The summed E-state index contributed by atoms with van der Waals surface area (Å²) in [6.07, 6.45) is 1.69. The lowest BCUT2D eigenvalue weighted by Crippen LogP contribution is -1.67. The third-order valence-corrected chi connectivity index (χ3v) is 1.54. The van der Waals surface area contributed by atoms with Crippen LogP contribution in [0.5, 0.6) is 0 Å². The summed E-state index contributed by atoms with van der Waals surface area (Å²) < 4.78 is 60.0. The first-order valence-electron chi connectivity index (χ1n) is 8.31. The Hall–Kier alpha value is -1.06. The number of thiazole rings is 1. The van der Waals surface area contributed by atoms with E-state index in [2.05, 4.69) is 15.0 Å². The van der Waals surface area contributed by atoms with Gasteiger partial charge in [0.25, 0.3) is 0 Å². The Morgan fingerprint density at radius 1 is 2.11 bits per heavy atom. The second-order valence-electron chi connectivity index (χ2n) is 1.36. The van der Waals surface area contributed by atoms with Crippen molar-refractivity contribution in [2.45, 2.75) is 6.54 Å². The van der Waals surface area contributed by atoms with Gasteiger partial charge < -0.3 is 0 Å². The molecule has 0 amide bonds. The summed E-state index contributed by atoms with van der Waals surface area (Å²) in [5.41, 5.74) is 9.62. The Kier molecular flexibility index (Phi) is 0.670. The molecule has 1 rings (SSSR count). The number of rotatable bonds is 2. The Morgan fingerprint density at radius 2 is 3.00 bits per heavy atom. The monoisotopic (exact) mass is 164 g/mol. The Bertz CT molecular complexity index is 231. The molecule has 0 aliphatic heterocycles. The third kappa shape index (κ3) is 1.71. The predicted molar refractivity (Wildman–Crippen MR) is 47.6 cm³/mol. The molecule has 0 aromatic carbocycles. The molecule has 9 heavy (non-hydrogen) atoms. The van der Waals surface area contributed by atoms with Gasteiger partial charge in [-0.15, -0.1) is 11.3 Å². The molecule has 58 valence electrons. The molecular weight excluding hydrogens is 136 g/mol. The van der Waals surface area contributed by atoms with Gasteiger partial charge in [0.2, 0.25) is 0 Å². The maximum absolute atomic E-state index is 7.91. The van der Waals surface area contributed by atoms with Gasteiger partial charge in [0.05, 0.1) is 12.1 Å². The average molecular weight is 164 g/mol. The molecule has 0 unspecified atom stereocenters. The predicted octanol–water partition coefficient (Wildman–Crippen LogP) is 3.43. The van der Waals surface area contributed by atoms with E-state index < -0.39 is 0 Å². The highest BCUT2D eigenvalue weighted by Gasteiger charge is 1.87. The van der Waals surface area contributed by atoms with Crippen LogP contribution in [-0.4, -0.2) is 4.98 Å². The van der Waals surface area contributed by atoms with Crippen LogP contribution in [0.2, 0.25) is 0 Å². The molecule has 0 radical (unpaired) electrons. The van der Waals surface area contributed by atoms with Crippen LogP contribution in [0.25, 0.3) is 10.4 Å². The van der Waals surface area contributed by atoms with E-state index in [-0.39, 0.29) is 0 Å².